The molecule has 2 N–H and O–H groups in total. The van der Waals surface area contributed by atoms with E-state index in [0.717, 1.165) is 67.0 Å². The van der Waals surface area contributed by atoms with Crippen molar-refractivity contribution < 1.29 is 14.3 Å². The summed E-state index contributed by atoms with van der Waals surface area (Å²) in [7, 11) is 9.35. The number of methoxy groups -OCH3 is 2. The van der Waals surface area contributed by atoms with E-state index in [4.69, 9.17) is 14.5 Å². The number of rotatable bonds is 11. The number of ether oxygens (including phenoxy) is 2. The maximum atomic E-state index is 12.3. The lowest BCUT2D eigenvalue weighted by molar-refractivity contribution is -0.111. The fraction of sp³-hybridized carbons (Fsp3) is 0.344. The van der Waals surface area contributed by atoms with Crippen LogP contribution in [0.4, 0.5) is 23.0 Å². The van der Waals surface area contributed by atoms with Crippen molar-refractivity contribution in [2.75, 3.05) is 64.0 Å². The Bertz CT molecular complexity index is 1610. The summed E-state index contributed by atoms with van der Waals surface area (Å²) in [5, 5.41) is 7.40. The Morgan fingerprint density at radius 1 is 1.07 bits per heavy atom. The zero-order chi connectivity index (χ0) is 29.8. The van der Waals surface area contributed by atoms with Crippen LogP contribution in [0.15, 0.2) is 55.3 Å². The van der Waals surface area contributed by atoms with Crippen LogP contribution in [0.5, 0.6) is 11.5 Å². The predicted octanol–water partition coefficient (Wildman–Crippen LogP) is 5.32. The lowest BCUT2D eigenvalue weighted by atomic mass is 10.0. The number of likely N-dealkylation sites (N-methyl/N-ethyl adjacent to an activating group) is 2. The number of hydrogen-bond acceptors (Lipinski definition) is 8. The highest BCUT2D eigenvalue weighted by Crippen LogP contribution is 2.40. The van der Waals surface area contributed by atoms with Crippen molar-refractivity contribution in [2.45, 2.75) is 25.8 Å². The number of aromatic nitrogens is 3. The lowest BCUT2D eigenvalue weighted by Gasteiger charge is -2.26. The summed E-state index contributed by atoms with van der Waals surface area (Å²) in [6.45, 7) is 6.20. The second-order valence-electron chi connectivity index (χ2n) is 10.7. The Morgan fingerprint density at radius 2 is 1.90 bits per heavy atom. The van der Waals surface area contributed by atoms with Crippen LogP contribution in [0.2, 0.25) is 0 Å². The van der Waals surface area contributed by atoms with Crippen molar-refractivity contribution in [3.63, 3.8) is 0 Å². The number of carbonyl (C=O) groups is 1. The molecule has 0 atom stereocenters. The number of benzene rings is 2. The van der Waals surface area contributed by atoms with E-state index in [1.807, 2.05) is 45.4 Å². The first-order valence-corrected chi connectivity index (χ1v) is 14.1. The van der Waals surface area contributed by atoms with Gasteiger partial charge in [0.25, 0.3) is 0 Å². The molecule has 10 nitrogen and oxygen atoms in total. The molecule has 2 aromatic carbocycles. The fourth-order valence-corrected chi connectivity index (χ4v) is 5.46. The summed E-state index contributed by atoms with van der Waals surface area (Å²) in [5.41, 5.74) is 6.49. The minimum atomic E-state index is -0.299. The first-order chi connectivity index (χ1) is 20.3. The van der Waals surface area contributed by atoms with E-state index in [-0.39, 0.29) is 5.91 Å². The number of fused-ring (bicyclic) bond motifs is 3. The van der Waals surface area contributed by atoms with Gasteiger partial charge in [0, 0.05) is 61.1 Å². The number of carbonyl (C=O) groups excluding carboxylic acids is 1. The normalized spacial score (nSPS) is 12.6. The molecule has 220 valence electrons. The summed E-state index contributed by atoms with van der Waals surface area (Å²) in [6, 6.07) is 11.9. The fourth-order valence-electron chi connectivity index (χ4n) is 5.46. The average molecular weight is 570 g/mol. The standard InChI is InChI=1S/C32H39N7O3/c1-7-30(40)34-24-19-25(29(42-6)20-28(24)38(4)17-16-37(2)3)36-32-33-14-13-23(35-32)31-22-18-21(41-5)11-12-26(22)39-15-9-8-10-27(31)39/h7,11-14,18-20H,1,8-10,15-17H2,2-6H3,(H,34,40)(H,33,35,36). The molecule has 10 heteroatoms. The topological polar surface area (TPSA) is 96.8 Å². The molecule has 42 heavy (non-hydrogen) atoms. The minimum Gasteiger partial charge on any atom is -0.497 e. The smallest absolute Gasteiger partial charge is 0.247 e. The maximum Gasteiger partial charge on any atom is 0.247 e. The molecule has 3 heterocycles. The first-order valence-electron chi connectivity index (χ1n) is 14.1. The zero-order valence-corrected chi connectivity index (χ0v) is 25.0. The van der Waals surface area contributed by atoms with Crippen LogP contribution in [0.3, 0.4) is 0 Å². The molecule has 0 aliphatic carbocycles. The van der Waals surface area contributed by atoms with Crippen molar-refractivity contribution in [2.24, 2.45) is 0 Å². The number of hydrogen-bond donors (Lipinski definition) is 2. The van der Waals surface area contributed by atoms with Crippen molar-refractivity contribution >= 4 is 39.8 Å². The van der Waals surface area contributed by atoms with Crippen LogP contribution in [0, 0.1) is 0 Å². The molecule has 0 saturated carbocycles. The van der Waals surface area contributed by atoms with Gasteiger partial charge in [-0.05, 0) is 69.8 Å². The molecule has 0 saturated heterocycles. The van der Waals surface area contributed by atoms with Gasteiger partial charge < -0.3 is 34.5 Å². The third-order valence-electron chi connectivity index (χ3n) is 7.64. The summed E-state index contributed by atoms with van der Waals surface area (Å²) >= 11 is 0. The number of aryl methyl sites for hydroxylation is 1. The molecule has 1 aliphatic heterocycles. The van der Waals surface area contributed by atoms with Crippen LogP contribution < -0.4 is 25.0 Å². The average Bonchev–Trinajstić information content (AvgIpc) is 3.33. The van der Waals surface area contributed by atoms with Gasteiger partial charge in [-0.1, -0.05) is 6.58 Å². The van der Waals surface area contributed by atoms with Gasteiger partial charge in [-0.25, -0.2) is 9.97 Å². The van der Waals surface area contributed by atoms with E-state index < -0.39 is 0 Å². The van der Waals surface area contributed by atoms with Gasteiger partial charge in [0.15, 0.2) is 0 Å². The Morgan fingerprint density at radius 3 is 2.64 bits per heavy atom. The van der Waals surface area contributed by atoms with E-state index in [9.17, 15) is 4.79 Å². The predicted molar refractivity (Wildman–Crippen MR) is 169 cm³/mol. The summed E-state index contributed by atoms with van der Waals surface area (Å²) in [6.07, 6.45) is 6.30. The first kappa shape index (κ1) is 28.9. The molecule has 1 amide bonds. The Kier molecular flexibility index (Phi) is 8.63. The quantitative estimate of drug-likeness (QED) is 0.235. The second kappa shape index (κ2) is 12.5. The molecular weight excluding hydrogens is 530 g/mol. The lowest BCUT2D eigenvalue weighted by Crippen LogP contribution is -2.29. The molecule has 0 fully saturated rings. The van der Waals surface area contributed by atoms with Gasteiger partial charge in [-0.3, -0.25) is 4.79 Å². The minimum absolute atomic E-state index is 0.299. The van der Waals surface area contributed by atoms with Crippen LogP contribution in [-0.4, -0.2) is 73.8 Å². The highest BCUT2D eigenvalue weighted by atomic mass is 16.5. The highest BCUT2D eigenvalue weighted by Gasteiger charge is 2.23. The van der Waals surface area contributed by atoms with Crippen molar-refractivity contribution in [1.82, 2.24) is 19.4 Å². The second-order valence-corrected chi connectivity index (χ2v) is 10.7. The summed E-state index contributed by atoms with van der Waals surface area (Å²) in [5.74, 6) is 1.54. The van der Waals surface area contributed by atoms with Gasteiger partial charge in [0.1, 0.15) is 11.5 Å². The molecule has 0 spiro atoms. The maximum absolute atomic E-state index is 12.3. The van der Waals surface area contributed by atoms with E-state index in [1.165, 1.54) is 17.3 Å². The summed E-state index contributed by atoms with van der Waals surface area (Å²) < 4.78 is 13.7. The van der Waals surface area contributed by atoms with Crippen LogP contribution in [-0.2, 0) is 17.8 Å². The summed E-state index contributed by atoms with van der Waals surface area (Å²) in [4.78, 5) is 26.0. The number of anilines is 4. The largest absolute Gasteiger partial charge is 0.497 e. The van der Waals surface area contributed by atoms with Gasteiger partial charge in [0.05, 0.1) is 37.0 Å². The number of nitrogens with zero attached hydrogens (tertiary/aromatic N) is 5. The van der Waals surface area contributed by atoms with Gasteiger partial charge in [-0.15, -0.1) is 0 Å². The van der Waals surface area contributed by atoms with Crippen LogP contribution in [0.1, 0.15) is 18.5 Å². The SMILES string of the molecule is C=CC(=O)Nc1cc(Nc2nccc(-c3c4n(c5ccc(OC)cc35)CCCC4)n2)c(OC)cc1N(C)CCN(C)C. The highest BCUT2D eigenvalue weighted by molar-refractivity contribution is 6.02. The van der Waals surface area contributed by atoms with E-state index in [2.05, 4.69) is 48.7 Å². The molecule has 0 bridgehead atoms. The molecule has 1 aliphatic rings. The molecular formula is C32H39N7O3. The molecule has 0 radical (unpaired) electrons. The third kappa shape index (κ3) is 5.89. The number of nitrogens with one attached hydrogen (secondary N) is 2. The van der Waals surface area contributed by atoms with Gasteiger partial charge >= 0.3 is 0 Å². The van der Waals surface area contributed by atoms with Gasteiger partial charge in [0.2, 0.25) is 11.9 Å². The van der Waals surface area contributed by atoms with Gasteiger partial charge in [-0.2, -0.15) is 0 Å². The van der Waals surface area contributed by atoms with Crippen molar-refractivity contribution in [3.05, 3.63) is 60.9 Å². The Balaban J connectivity index is 1.55. The Labute approximate surface area is 247 Å². The molecule has 2 aromatic heterocycles. The van der Waals surface area contributed by atoms with E-state index in [0.29, 0.717) is 23.1 Å². The number of amides is 1. The van der Waals surface area contributed by atoms with Crippen molar-refractivity contribution in [1.29, 1.82) is 0 Å². The van der Waals surface area contributed by atoms with Crippen LogP contribution in [0.25, 0.3) is 22.2 Å². The third-order valence-corrected chi connectivity index (χ3v) is 7.64. The molecule has 5 rings (SSSR count). The monoisotopic (exact) mass is 569 g/mol. The van der Waals surface area contributed by atoms with E-state index in [1.54, 1.807) is 20.4 Å². The van der Waals surface area contributed by atoms with Crippen LogP contribution >= 0.6 is 0 Å². The Hall–Kier alpha value is -4.57. The zero-order valence-electron chi connectivity index (χ0n) is 25.0. The van der Waals surface area contributed by atoms with Crippen molar-refractivity contribution in [3.8, 4) is 22.8 Å². The van der Waals surface area contributed by atoms with E-state index >= 15 is 0 Å². The molecule has 0 unspecified atom stereocenters. The molecule has 4 aromatic rings.